The lowest BCUT2D eigenvalue weighted by atomic mass is 9.93. The topological polar surface area (TPSA) is 119 Å². The Hall–Kier alpha value is -5.68. The monoisotopic (exact) mass is 692 g/mol. The number of aromatic nitrogens is 1. The first-order valence-electron chi connectivity index (χ1n) is 16.1. The molecule has 2 aromatic heterocycles. The van der Waals surface area contributed by atoms with Crippen LogP contribution in [0.2, 0.25) is 0 Å². The molecule has 0 unspecified atom stereocenters. The zero-order chi connectivity index (χ0) is 35.5. The van der Waals surface area contributed by atoms with Crippen molar-refractivity contribution in [1.82, 2.24) is 4.57 Å². The summed E-state index contributed by atoms with van der Waals surface area (Å²) < 4.78 is 30.0. The van der Waals surface area contributed by atoms with Gasteiger partial charge >= 0.3 is 11.9 Å². The molecule has 0 bridgehead atoms. The number of aryl methyl sites for hydroxylation is 1. The van der Waals surface area contributed by atoms with Crippen molar-refractivity contribution in [3.05, 3.63) is 132 Å². The molecule has 0 radical (unpaired) electrons. The largest absolute Gasteiger partial charge is 0.493 e. The standard InChI is InChI=1S/C39H36N2O8S/c1-7-47-38(44)33-34(24-11-9-8-10-12-24)40-39-41(35(33)25-14-17-30(45-5)31(20-25)46-6)36(42)32(50-39)21-27-15-18-29(49-27)28-16-13-26(19-23(28)4)37(43)48-22(2)3/h8-22,35H,7H2,1-6H3/b32-21+/t35-/m0/s1. The molecule has 1 atom stereocenters. The van der Waals surface area contributed by atoms with E-state index in [0.29, 0.717) is 54.7 Å². The summed E-state index contributed by atoms with van der Waals surface area (Å²) in [5.41, 5.74) is 3.67. The number of carbonyl (C=O) groups excluding carboxylic acids is 2. The number of esters is 2. The van der Waals surface area contributed by atoms with Crippen LogP contribution in [-0.2, 0) is 14.3 Å². The number of benzene rings is 3. The molecule has 0 spiro atoms. The van der Waals surface area contributed by atoms with Gasteiger partial charge in [-0.05, 0) is 75.2 Å². The van der Waals surface area contributed by atoms with Gasteiger partial charge in [0.1, 0.15) is 11.5 Å². The Morgan fingerprint density at radius 1 is 0.960 bits per heavy atom. The summed E-state index contributed by atoms with van der Waals surface area (Å²) in [6.07, 6.45) is 1.44. The van der Waals surface area contributed by atoms with E-state index in [1.807, 2.05) is 49.4 Å². The fraction of sp³-hybridized carbons (Fsp3) is 0.231. The molecule has 50 heavy (non-hydrogen) atoms. The quantitative estimate of drug-likeness (QED) is 0.162. The highest BCUT2D eigenvalue weighted by molar-refractivity contribution is 7.07. The van der Waals surface area contributed by atoms with Crippen LogP contribution in [0.4, 0.5) is 0 Å². The van der Waals surface area contributed by atoms with Crippen molar-refractivity contribution in [2.45, 2.75) is 39.8 Å². The smallest absolute Gasteiger partial charge is 0.338 e. The Balaban J connectivity index is 1.49. The number of rotatable bonds is 10. The van der Waals surface area contributed by atoms with E-state index in [0.717, 1.165) is 11.1 Å². The van der Waals surface area contributed by atoms with Crippen LogP contribution in [0.5, 0.6) is 11.5 Å². The maximum absolute atomic E-state index is 14.3. The van der Waals surface area contributed by atoms with E-state index in [4.69, 9.17) is 28.4 Å². The minimum Gasteiger partial charge on any atom is -0.493 e. The Morgan fingerprint density at radius 3 is 2.40 bits per heavy atom. The van der Waals surface area contributed by atoms with Crippen LogP contribution in [0.25, 0.3) is 23.1 Å². The highest BCUT2D eigenvalue weighted by Crippen LogP contribution is 2.38. The number of furan rings is 1. The molecule has 0 saturated heterocycles. The minimum absolute atomic E-state index is 0.137. The van der Waals surface area contributed by atoms with Gasteiger partial charge in [0, 0.05) is 17.2 Å². The molecule has 1 aliphatic rings. The van der Waals surface area contributed by atoms with Crippen molar-refractivity contribution in [2.75, 3.05) is 20.8 Å². The van der Waals surface area contributed by atoms with Gasteiger partial charge in [-0.25, -0.2) is 14.6 Å². The highest BCUT2D eigenvalue weighted by Gasteiger charge is 2.35. The van der Waals surface area contributed by atoms with Gasteiger partial charge in [0.25, 0.3) is 5.56 Å². The van der Waals surface area contributed by atoms with Crippen LogP contribution in [0, 0.1) is 6.92 Å². The van der Waals surface area contributed by atoms with Crippen LogP contribution in [0.1, 0.15) is 59.6 Å². The van der Waals surface area contributed by atoms with Gasteiger partial charge in [-0.15, -0.1) is 0 Å². The van der Waals surface area contributed by atoms with Gasteiger partial charge in [0.15, 0.2) is 16.3 Å². The van der Waals surface area contributed by atoms with Gasteiger partial charge in [-0.3, -0.25) is 9.36 Å². The number of hydrogen-bond donors (Lipinski definition) is 0. The number of thiazole rings is 1. The van der Waals surface area contributed by atoms with Crippen molar-refractivity contribution in [1.29, 1.82) is 0 Å². The van der Waals surface area contributed by atoms with E-state index in [1.54, 1.807) is 70.4 Å². The molecule has 11 heteroatoms. The number of methoxy groups -OCH3 is 2. The summed E-state index contributed by atoms with van der Waals surface area (Å²) in [5.74, 6) is 0.990. The van der Waals surface area contributed by atoms with Gasteiger partial charge < -0.3 is 23.4 Å². The Labute approximate surface area is 292 Å². The molecule has 0 fully saturated rings. The summed E-state index contributed by atoms with van der Waals surface area (Å²) in [7, 11) is 3.07. The molecular weight excluding hydrogens is 657 g/mol. The molecular formula is C39H36N2O8S. The fourth-order valence-electron chi connectivity index (χ4n) is 5.83. The second-order valence-electron chi connectivity index (χ2n) is 11.7. The lowest BCUT2D eigenvalue weighted by Crippen LogP contribution is -2.40. The Bertz CT molecular complexity index is 2300. The number of nitrogens with zero attached hydrogens (tertiary/aromatic N) is 2. The molecule has 5 aromatic rings. The van der Waals surface area contributed by atoms with Crippen molar-refractivity contribution in [3.8, 4) is 22.8 Å². The predicted octanol–water partition coefficient (Wildman–Crippen LogP) is 6.09. The molecule has 256 valence electrons. The van der Waals surface area contributed by atoms with Gasteiger partial charge in [0.2, 0.25) is 0 Å². The SMILES string of the molecule is CCOC(=O)C1=C(c2ccccc2)N=c2s/c(=C/c3ccc(-c4ccc(C(=O)OC(C)C)cc4C)o3)c(=O)n2[C@H]1c1ccc(OC)c(OC)c1. The van der Waals surface area contributed by atoms with Crippen LogP contribution in [0.15, 0.2) is 98.6 Å². The molecule has 0 saturated carbocycles. The van der Waals surface area contributed by atoms with E-state index in [1.165, 1.54) is 23.0 Å². The van der Waals surface area contributed by atoms with Crippen molar-refractivity contribution in [2.24, 2.45) is 4.99 Å². The average molecular weight is 693 g/mol. The molecule has 6 rings (SSSR count). The van der Waals surface area contributed by atoms with Crippen LogP contribution in [0.3, 0.4) is 0 Å². The third-order valence-electron chi connectivity index (χ3n) is 8.07. The third kappa shape index (κ3) is 6.64. The number of carbonyl (C=O) groups is 2. The first kappa shape index (κ1) is 34.2. The molecule has 10 nitrogen and oxygen atoms in total. The molecule has 0 aliphatic carbocycles. The second-order valence-corrected chi connectivity index (χ2v) is 12.7. The predicted molar refractivity (Wildman–Crippen MR) is 190 cm³/mol. The zero-order valence-electron chi connectivity index (χ0n) is 28.5. The molecule has 1 aliphatic heterocycles. The van der Waals surface area contributed by atoms with E-state index in [-0.39, 0.29) is 23.8 Å². The average Bonchev–Trinajstić information content (AvgIpc) is 3.70. The Morgan fingerprint density at radius 2 is 1.72 bits per heavy atom. The summed E-state index contributed by atoms with van der Waals surface area (Å²) in [6.45, 7) is 7.37. The second kappa shape index (κ2) is 14.4. The van der Waals surface area contributed by atoms with Crippen molar-refractivity contribution in [3.63, 3.8) is 0 Å². The van der Waals surface area contributed by atoms with Crippen molar-refractivity contribution >= 4 is 35.0 Å². The summed E-state index contributed by atoms with van der Waals surface area (Å²) in [6, 6.07) is 22.6. The first-order chi connectivity index (χ1) is 24.1. The first-order valence-corrected chi connectivity index (χ1v) is 16.9. The van der Waals surface area contributed by atoms with Crippen LogP contribution < -0.4 is 24.4 Å². The van der Waals surface area contributed by atoms with E-state index < -0.39 is 18.0 Å². The third-order valence-corrected chi connectivity index (χ3v) is 9.05. The van der Waals surface area contributed by atoms with E-state index in [2.05, 4.69) is 0 Å². The van der Waals surface area contributed by atoms with E-state index >= 15 is 0 Å². The molecule has 0 amide bonds. The van der Waals surface area contributed by atoms with Crippen LogP contribution in [-0.4, -0.2) is 43.4 Å². The lowest BCUT2D eigenvalue weighted by molar-refractivity contribution is -0.138. The van der Waals surface area contributed by atoms with E-state index in [9.17, 15) is 14.4 Å². The summed E-state index contributed by atoms with van der Waals surface area (Å²) in [5, 5.41) is 0. The molecule has 3 aromatic carbocycles. The lowest BCUT2D eigenvalue weighted by Gasteiger charge is -2.26. The Kier molecular flexibility index (Phi) is 9.87. The number of hydrogen-bond acceptors (Lipinski definition) is 10. The maximum atomic E-state index is 14.3. The summed E-state index contributed by atoms with van der Waals surface area (Å²) in [4.78, 5) is 45.8. The normalized spacial score (nSPS) is 14.3. The van der Waals surface area contributed by atoms with Gasteiger partial charge in [-0.2, -0.15) is 0 Å². The zero-order valence-corrected chi connectivity index (χ0v) is 29.3. The highest BCUT2D eigenvalue weighted by atomic mass is 32.1. The number of fused-ring (bicyclic) bond motifs is 1. The van der Waals surface area contributed by atoms with Crippen molar-refractivity contribution < 1.29 is 33.0 Å². The maximum Gasteiger partial charge on any atom is 0.338 e. The summed E-state index contributed by atoms with van der Waals surface area (Å²) >= 11 is 1.19. The van der Waals surface area contributed by atoms with Gasteiger partial charge in [0.05, 0.1) is 54.3 Å². The molecule has 3 heterocycles. The van der Waals surface area contributed by atoms with Gasteiger partial charge in [-0.1, -0.05) is 53.8 Å². The number of ether oxygens (including phenoxy) is 4. The fourth-order valence-corrected chi connectivity index (χ4v) is 6.81. The molecule has 0 N–H and O–H groups in total. The minimum atomic E-state index is -0.891. The van der Waals surface area contributed by atoms with Crippen LogP contribution >= 0.6 is 11.3 Å².